The first-order chi connectivity index (χ1) is 12.4. The van der Waals surface area contributed by atoms with Crippen LogP contribution in [0.3, 0.4) is 0 Å². The quantitative estimate of drug-likeness (QED) is 0.498. The molecular formula is C21H34O5. The van der Waals surface area contributed by atoms with Gasteiger partial charge in [-0.15, -0.1) is 0 Å². The molecule has 0 radical (unpaired) electrons. The minimum Gasteiger partial charge on any atom is -0.462 e. The molecule has 0 spiro atoms. The van der Waals surface area contributed by atoms with Crippen molar-refractivity contribution in [3.8, 4) is 0 Å². The van der Waals surface area contributed by atoms with Gasteiger partial charge in [0.15, 0.2) is 6.79 Å². The van der Waals surface area contributed by atoms with Gasteiger partial charge in [0.1, 0.15) is 6.10 Å². The van der Waals surface area contributed by atoms with E-state index >= 15 is 0 Å². The van der Waals surface area contributed by atoms with Gasteiger partial charge in [-0.3, -0.25) is 9.59 Å². The van der Waals surface area contributed by atoms with E-state index in [9.17, 15) is 9.59 Å². The van der Waals surface area contributed by atoms with Gasteiger partial charge in [0, 0.05) is 5.92 Å². The van der Waals surface area contributed by atoms with Crippen LogP contribution in [-0.2, 0) is 23.8 Å². The van der Waals surface area contributed by atoms with Crippen LogP contribution in [-0.4, -0.2) is 30.9 Å². The van der Waals surface area contributed by atoms with E-state index < -0.39 is 5.41 Å². The van der Waals surface area contributed by atoms with Crippen molar-refractivity contribution in [1.82, 2.24) is 0 Å². The Morgan fingerprint density at radius 2 is 1.77 bits per heavy atom. The Morgan fingerprint density at radius 3 is 2.42 bits per heavy atom. The predicted molar refractivity (Wildman–Crippen MR) is 97.2 cm³/mol. The molecule has 4 atom stereocenters. The second-order valence-electron chi connectivity index (χ2n) is 9.03. The molecule has 2 bridgehead atoms. The fraction of sp³-hybridized carbons (Fsp3) is 0.905. The van der Waals surface area contributed by atoms with Crippen LogP contribution in [0.5, 0.6) is 0 Å². The lowest BCUT2D eigenvalue weighted by molar-refractivity contribution is -0.175. The smallest absolute Gasteiger partial charge is 0.311 e. The number of hydrogen-bond donors (Lipinski definition) is 0. The zero-order valence-corrected chi connectivity index (χ0v) is 16.5. The third-order valence-corrected chi connectivity index (χ3v) is 6.81. The van der Waals surface area contributed by atoms with Gasteiger partial charge >= 0.3 is 11.9 Å². The molecule has 0 aromatic heterocycles. The second kappa shape index (κ2) is 8.28. The summed E-state index contributed by atoms with van der Waals surface area (Å²) in [5.74, 6) is 0.110. The predicted octanol–water partition coefficient (Wildman–Crippen LogP) is 4.23. The zero-order chi connectivity index (χ0) is 18.7. The van der Waals surface area contributed by atoms with Crippen LogP contribution >= 0.6 is 0 Å². The Labute approximate surface area is 157 Å². The molecule has 0 aliphatic heterocycles. The highest BCUT2D eigenvalue weighted by atomic mass is 16.7. The SMILES string of the molecule is CCC(C)(C)C(=O)OC1CC2CC(C(=O)OCOC3CCCCC3)C1C2. The van der Waals surface area contributed by atoms with E-state index in [-0.39, 0.29) is 42.8 Å². The topological polar surface area (TPSA) is 61.8 Å². The number of fused-ring (bicyclic) bond motifs is 2. The van der Waals surface area contributed by atoms with Crippen molar-refractivity contribution in [3.05, 3.63) is 0 Å². The highest BCUT2D eigenvalue weighted by Crippen LogP contribution is 2.50. The number of rotatable bonds is 7. The van der Waals surface area contributed by atoms with E-state index in [0.717, 1.165) is 38.5 Å². The van der Waals surface area contributed by atoms with Gasteiger partial charge in [0.05, 0.1) is 17.4 Å². The molecule has 148 valence electrons. The molecule has 5 nitrogen and oxygen atoms in total. The molecule has 26 heavy (non-hydrogen) atoms. The van der Waals surface area contributed by atoms with Gasteiger partial charge in [0.2, 0.25) is 0 Å². The summed E-state index contributed by atoms with van der Waals surface area (Å²) in [6.07, 6.45) is 9.37. The average molecular weight is 366 g/mol. The first-order valence-corrected chi connectivity index (χ1v) is 10.4. The third-order valence-electron chi connectivity index (χ3n) is 6.81. The van der Waals surface area contributed by atoms with Crippen LogP contribution in [0, 0.1) is 23.2 Å². The fourth-order valence-electron chi connectivity index (χ4n) is 4.66. The van der Waals surface area contributed by atoms with Crippen molar-refractivity contribution in [1.29, 1.82) is 0 Å². The first-order valence-electron chi connectivity index (χ1n) is 10.4. The number of esters is 2. The number of hydrogen-bond acceptors (Lipinski definition) is 5. The molecule has 3 fully saturated rings. The fourth-order valence-corrected chi connectivity index (χ4v) is 4.66. The summed E-state index contributed by atoms with van der Waals surface area (Å²) in [5, 5.41) is 0. The number of ether oxygens (including phenoxy) is 3. The molecule has 0 aromatic rings. The van der Waals surface area contributed by atoms with Crippen molar-refractivity contribution in [2.24, 2.45) is 23.2 Å². The minimum absolute atomic E-state index is 0.0602. The molecule has 0 amide bonds. The van der Waals surface area contributed by atoms with E-state index in [2.05, 4.69) is 0 Å². The summed E-state index contributed by atoms with van der Waals surface area (Å²) < 4.78 is 16.9. The first kappa shape index (κ1) is 19.7. The Hall–Kier alpha value is -1.10. The Balaban J connectivity index is 1.46. The molecule has 4 unspecified atom stereocenters. The van der Waals surface area contributed by atoms with Gasteiger partial charge in [-0.2, -0.15) is 0 Å². The maximum Gasteiger partial charge on any atom is 0.311 e. The highest BCUT2D eigenvalue weighted by Gasteiger charge is 2.52. The van der Waals surface area contributed by atoms with Crippen molar-refractivity contribution >= 4 is 11.9 Å². The molecule has 0 aromatic carbocycles. The summed E-state index contributed by atoms with van der Waals surface area (Å²) in [5.41, 5.74) is -0.467. The molecule has 3 aliphatic carbocycles. The molecule has 0 heterocycles. The van der Waals surface area contributed by atoms with Crippen LogP contribution in [0.4, 0.5) is 0 Å². The number of carbonyl (C=O) groups excluding carboxylic acids is 2. The summed E-state index contributed by atoms with van der Waals surface area (Å²) in [4.78, 5) is 24.9. The van der Waals surface area contributed by atoms with E-state index in [4.69, 9.17) is 14.2 Å². The van der Waals surface area contributed by atoms with Gasteiger partial charge in [-0.1, -0.05) is 26.2 Å². The van der Waals surface area contributed by atoms with Crippen LogP contribution in [0.25, 0.3) is 0 Å². The van der Waals surface area contributed by atoms with E-state index in [0.29, 0.717) is 5.92 Å². The zero-order valence-electron chi connectivity index (χ0n) is 16.5. The minimum atomic E-state index is -0.467. The van der Waals surface area contributed by atoms with Crippen molar-refractivity contribution in [3.63, 3.8) is 0 Å². The van der Waals surface area contributed by atoms with Gasteiger partial charge in [-0.05, 0) is 58.3 Å². The summed E-state index contributed by atoms with van der Waals surface area (Å²) in [7, 11) is 0. The summed E-state index contributed by atoms with van der Waals surface area (Å²) in [6, 6.07) is 0. The summed E-state index contributed by atoms with van der Waals surface area (Å²) >= 11 is 0. The standard InChI is InChI=1S/C21H34O5/c1-4-21(2,3)20(23)26-18-12-14-10-16(18)17(11-14)19(22)25-13-24-15-8-6-5-7-9-15/h14-18H,4-13H2,1-3H3. The van der Waals surface area contributed by atoms with Crippen LogP contribution in [0.1, 0.15) is 78.6 Å². The van der Waals surface area contributed by atoms with E-state index in [1.54, 1.807) is 0 Å². The largest absolute Gasteiger partial charge is 0.462 e. The lowest BCUT2D eigenvalue weighted by Gasteiger charge is -2.31. The molecule has 3 saturated carbocycles. The lowest BCUT2D eigenvalue weighted by Crippen LogP contribution is -2.37. The van der Waals surface area contributed by atoms with Crippen molar-refractivity contribution in [2.45, 2.75) is 90.8 Å². The monoisotopic (exact) mass is 366 g/mol. The van der Waals surface area contributed by atoms with Crippen molar-refractivity contribution < 1.29 is 23.8 Å². The normalized spacial score (nSPS) is 31.8. The third kappa shape index (κ3) is 4.41. The van der Waals surface area contributed by atoms with E-state index in [1.165, 1.54) is 19.3 Å². The van der Waals surface area contributed by atoms with Crippen molar-refractivity contribution in [2.75, 3.05) is 6.79 Å². The molecule has 5 heteroatoms. The average Bonchev–Trinajstić information content (AvgIpc) is 3.23. The Morgan fingerprint density at radius 1 is 1.04 bits per heavy atom. The maximum absolute atomic E-state index is 12.5. The summed E-state index contributed by atoms with van der Waals surface area (Å²) in [6.45, 7) is 5.88. The Kier molecular flexibility index (Phi) is 6.26. The van der Waals surface area contributed by atoms with Gasteiger partial charge in [-0.25, -0.2) is 0 Å². The lowest BCUT2D eigenvalue weighted by atomic mass is 9.86. The maximum atomic E-state index is 12.5. The molecular weight excluding hydrogens is 332 g/mol. The van der Waals surface area contributed by atoms with Crippen LogP contribution < -0.4 is 0 Å². The van der Waals surface area contributed by atoms with E-state index in [1.807, 2.05) is 20.8 Å². The highest BCUT2D eigenvalue weighted by molar-refractivity contribution is 5.76. The molecule has 3 rings (SSSR count). The molecule has 3 aliphatic rings. The number of carbonyl (C=O) groups is 2. The second-order valence-corrected chi connectivity index (χ2v) is 9.03. The van der Waals surface area contributed by atoms with Gasteiger partial charge in [0.25, 0.3) is 0 Å². The van der Waals surface area contributed by atoms with Gasteiger partial charge < -0.3 is 14.2 Å². The Bertz CT molecular complexity index is 509. The van der Waals surface area contributed by atoms with Crippen LogP contribution in [0.15, 0.2) is 0 Å². The van der Waals surface area contributed by atoms with Crippen LogP contribution in [0.2, 0.25) is 0 Å². The molecule has 0 saturated heterocycles. The molecule has 0 N–H and O–H groups in total.